The normalized spacial score (nSPS) is 14.3. The van der Waals surface area contributed by atoms with Crippen molar-refractivity contribution >= 4 is 55.0 Å². The molecule has 9 aromatic rings. The van der Waals surface area contributed by atoms with Gasteiger partial charge in [0.2, 0.25) is 0 Å². The molecule has 10 rings (SSSR count). The van der Waals surface area contributed by atoms with Crippen molar-refractivity contribution in [1.29, 1.82) is 5.26 Å². The standard InChI is InChI=1S/C48H32N4/c49-31-32-12-11-15-34(26-32)37-28-43(33-13-3-1-4-14-33)50-48(30-37)52-45-21-10-8-19-40(45)42-27-35(23-25-46(42)52)36-22-24-41-39-18-7-9-20-44(39)51(47(41)29-36)38-16-5-2-6-17-38/h1-30,43,50H. The third-order valence-electron chi connectivity index (χ3n) is 10.4. The minimum absolute atomic E-state index is 0.0551. The molecule has 0 saturated heterocycles. The van der Waals surface area contributed by atoms with Crippen LogP contribution >= 0.6 is 0 Å². The first-order chi connectivity index (χ1) is 25.7. The minimum Gasteiger partial charge on any atom is -0.361 e. The van der Waals surface area contributed by atoms with Gasteiger partial charge in [-0.15, -0.1) is 0 Å². The molecule has 1 aliphatic rings. The first-order valence-electron chi connectivity index (χ1n) is 17.6. The molecule has 0 spiro atoms. The fraction of sp³-hybridized carbons (Fsp3) is 0.0208. The number of aromatic nitrogens is 2. The van der Waals surface area contributed by atoms with Crippen LogP contribution in [-0.4, -0.2) is 9.13 Å². The number of allylic oxidation sites excluding steroid dienone is 2. The van der Waals surface area contributed by atoms with Gasteiger partial charge in [-0.25, -0.2) is 0 Å². The predicted molar refractivity (Wildman–Crippen MR) is 215 cm³/mol. The number of rotatable bonds is 5. The van der Waals surface area contributed by atoms with E-state index in [4.69, 9.17) is 0 Å². The Morgan fingerprint density at radius 1 is 0.481 bits per heavy atom. The van der Waals surface area contributed by atoms with Crippen LogP contribution in [0.4, 0.5) is 0 Å². The third-order valence-corrected chi connectivity index (χ3v) is 10.4. The number of hydrogen-bond donors (Lipinski definition) is 1. The van der Waals surface area contributed by atoms with E-state index in [9.17, 15) is 5.26 Å². The summed E-state index contributed by atoms with van der Waals surface area (Å²) in [6.45, 7) is 0. The maximum Gasteiger partial charge on any atom is 0.112 e. The molecule has 7 aromatic carbocycles. The van der Waals surface area contributed by atoms with Gasteiger partial charge < -0.3 is 9.88 Å². The lowest BCUT2D eigenvalue weighted by molar-refractivity contribution is 0.739. The highest BCUT2D eigenvalue weighted by Gasteiger charge is 2.22. The zero-order valence-electron chi connectivity index (χ0n) is 28.2. The molecule has 4 nitrogen and oxygen atoms in total. The average molecular weight is 665 g/mol. The summed E-state index contributed by atoms with van der Waals surface area (Å²) >= 11 is 0. The van der Waals surface area contributed by atoms with Crippen molar-refractivity contribution in [2.45, 2.75) is 6.04 Å². The van der Waals surface area contributed by atoms with E-state index in [1.165, 1.54) is 49.3 Å². The second-order valence-electron chi connectivity index (χ2n) is 13.4. The third kappa shape index (κ3) is 4.83. The maximum absolute atomic E-state index is 9.68. The van der Waals surface area contributed by atoms with Crippen molar-refractivity contribution in [3.05, 3.63) is 199 Å². The van der Waals surface area contributed by atoms with Gasteiger partial charge >= 0.3 is 0 Å². The van der Waals surface area contributed by atoms with Crippen LogP contribution in [0.2, 0.25) is 0 Å². The van der Waals surface area contributed by atoms with Crippen LogP contribution in [0.1, 0.15) is 22.7 Å². The summed E-state index contributed by atoms with van der Waals surface area (Å²) in [7, 11) is 0. The van der Waals surface area contributed by atoms with E-state index in [-0.39, 0.29) is 6.04 Å². The number of dihydropyridines is 1. The molecule has 2 aromatic heterocycles. The van der Waals surface area contributed by atoms with E-state index in [1.807, 2.05) is 24.3 Å². The molecule has 1 atom stereocenters. The molecule has 3 heterocycles. The van der Waals surface area contributed by atoms with E-state index < -0.39 is 0 Å². The lowest BCUT2D eigenvalue weighted by Gasteiger charge is -2.27. The van der Waals surface area contributed by atoms with Crippen LogP contribution in [0, 0.1) is 11.3 Å². The molecule has 52 heavy (non-hydrogen) atoms. The highest BCUT2D eigenvalue weighted by Crippen LogP contribution is 2.39. The highest BCUT2D eigenvalue weighted by atomic mass is 15.2. The van der Waals surface area contributed by atoms with Gasteiger partial charge in [-0.1, -0.05) is 115 Å². The van der Waals surface area contributed by atoms with Crippen molar-refractivity contribution < 1.29 is 0 Å². The SMILES string of the molecule is N#Cc1cccc(C2=CC(c3ccccc3)NC(n3c4ccccc4c4cc(-c5ccc6c7ccccc7n(-c7ccccc7)c6c5)ccc43)=C2)c1. The Morgan fingerprint density at radius 2 is 1.12 bits per heavy atom. The Morgan fingerprint density at radius 3 is 1.90 bits per heavy atom. The summed E-state index contributed by atoms with van der Waals surface area (Å²) < 4.78 is 4.72. The fourth-order valence-electron chi connectivity index (χ4n) is 7.95. The van der Waals surface area contributed by atoms with Crippen LogP contribution in [0.3, 0.4) is 0 Å². The Kier molecular flexibility index (Phi) is 6.90. The average Bonchev–Trinajstić information content (AvgIpc) is 3.73. The molecule has 0 fully saturated rings. The molecule has 1 unspecified atom stereocenters. The Labute approximate surface area is 301 Å². The molecule has 1 aliphatic heterocycles. The largest absolute Gasteiger partial charge is 0.361 e. The highest BCUT2D eigenvalue weighted by molar-refractivity contribution is 6.13. The van der Waals surface area contributed by atoms with Crippen LogP contribution in [0.15, 0.2) is 182 Å². The van der Waals surface area contributed by atoms with Crippen molar-refractivity contribution in [2.24, 2.45) is 0 Å². The van der Waals surface area contributed by atoms with Crippen LogP contribution in [0.25, 0.3) is 71.8 Å². The minimum atomic E-state index is -0.0551. The van der Waals surface area contributed by atoms with E-state index >= 15 is 0 Å². The van der Waals surface area contributed by atoms with Gasteiger partial charge in [0.1, 0.15) is 5.82 Å². The van der Waals surface area contributed by atoms with Crippen LogP contribution in [-0.2, 0) is 0 Å². The Hall–Kier alpha value is -7.09. The van der Waals surface area contributed by atoms with Gasteiger partial charge in [-0.05, 0) is 94.6 Å². The number of para-hydroxylation sites is 3. The maximum atomic E-state index is 9.68. The first-order valence-corrected chi connectivity index (χ1v) is 17.6. The first kappa shape index (κ1) is 29.8. The number of fused-ring (bicyclic) bond motifs is 6. The van der Waals surface area contributed by atoms with E-state index in [0.29, 0.717) is 5.56 Å². The predicted octanol–water partition coefficient (Wildman–Crippen LogP) is 11.7. The molecule has 4 heteroatoms. The van der Waals surface area contributed by atoms with Gasteiger partial charge in [0, 0.05) is 27.2 Å². The lowest BCUT2D eigenvalue weighted by Crippen LogP contribution is -2.25. The monoisotopic (exact) mass is 664 g/mol. The van der Waals surface area contributed by atoms with Crippen molar-refractivity contribution in [2.75, 3.05) is 0 Å². The Balaban J connectivity index is 1.15. The van der Waals surface area contributed by atoms with Gasteiger partial charge in [0.05, 0.1) is 39.7 Å². The summed E-state index contributed by atoms with van der Waals surface area (Å²) in [5.41, 5.74) is 12.1. The lowest BCUT2D eigenvalue weighted by atomic mass is 9.95. The van der Waals surface area contributed by atoms with Gasteiger partial charge in [0.15, 0.2) is 0 Å². The zero-order valence-corrected chi connectivity index (χ0v) is 28.2. The summed E-state index contributed by atoms with van der Waals surface area (Å²) in [5, 5.41) is 18.4. The molecular formula is C48H32N4. The number of nitrogens with zero attached hydrogens (tertiary/aromatic N) is 3. The second kappa shape index (κ2) is 12.1. The van der Waals surface area contributed by atoms with Crippen molar-refractivity contribution in [3.8, 4) is 22.9 Å². The van der Waals surface area contributed by atoms with Crippen molar-refractivity contribution in [1.82, 2.24) is 14.5 Å². The molecule has 0 radical (unpaired) electrons. The van der Waals surface area contributed by atoms with Crippen LogP contribution in [0.5, 0.6) is 0 Å². The Bertz CT molecular complexity index is 2940. The second-order valence-corrected chi connectivity index (χ2v) is 13.4. The van der Waals surface area contributed by atoms with Crippen molar-refractivity contribution in [3.63, 3.8) is 0 Å². The fourth-order valence-corrected chi connectivity index (χ4v) is 7.95. The van der Waals surface area contributed by atoms with Crippen LogP contribution < -0.4 is 5.32 Å². The molecule has 0 bridgehead atoms. The molecule has 244 valence electrons. The van der Waals surface area contributed by atoms with E-state index in [1.54, 1.807) is 0 Å². The topological polar surface area (TPSA) is 45.7 Å². The van der Waals surface area contributed by atoms with Gasteiger partial charge in [-0.3, -0.25) is 4.57 Å². The van der Waals surface area contributed by atoms with E-state index in [2.05, 4.69) is 178 Å². The summed E-state index contributed by atoms with van der Waals surface area (Å²) in [6, 6.07) is 62.3. The molecule has 0 aliphatic carbocycles. The number of hydrogen-bond acceptors (Lipinski definition) is 2. The quantitative estimate of drug-likeness (QED) is 0.199. The number of benzene rings is 7. The number of nitriles is 1. The van der Waals surface area contributed by atoms with Gasteiger partial charge in [-0.2, -0.15) is 5.26 Å². The molecular weight excluding hydrogens is 633 g/mol. The molecule has 1 N–H and O–H groups in total. The summed E-state index contributed by atoms with van der Waals surface area (Å²) in [5.74, 6) is 0.987. The van der Waals surface area contributed by atoms with E-state index in [0.717, 1.165) is 33.7 Å². The zero-order chi connectivity index (χ0) is 34.6. The summed E-state index contributed by atoms with van der Waals surface area (Å²) in [4.78, 5) is 0. The summed E-state index contributed by atoms with van der Waals surface area (Å²) in [6.07, 6.45) is 4.47. The smallest absolute Gasteiger partial charge is 0.112 e. The molecule has 0 amide bonds. The number of nitrogens with one attached hydrogen (secondary N) is 1. The molecule has 0 saturated carbocycles. The van der Waals surface area contributed by atoms with Gasteiger partial charge in [0.25, 0.3) is 0 Å².